The Morgan fingerprint density at radius 3 is 2.95 bits per heavy atom. The van der Waals surface area contributed by atoms with E-state index >= 15 is 0 Å². The highest BCUT2D eigenvalue weighted by molar-refractivity contribution is 7.99. The van der Waals surface area contributed by atoms with E-state index in [-0.39, 0.29) is 17.0 Å². The highest BCUT2D eigenvalue weighted by Crippen LogP contribution is 2.36. The van der Waals surface area contributed by atoms with Crippen LogP contribution >= 0.6 is 23.4 Å². The fourth-order valence-electron chi connectivity index (χ4n) is 2.11. The maximum absolute atomic E-state index is 13.7. The van der Waals surface area contributed by atoms with Crippen molar-refractivity contribution in [3.63, 3.8) is 0 Å². The van der Waals surface area contributed by atoms with Gasteiger partial charge in [-0.2, -0.15) is 11.8 Å². The van der Waals surface area contributed by atoms with Crippen LogP contribution in [0.25, 0.3) is 0 Å². The molecule has 2 nitrogen and oxygen atoms in total. The predicted octanol–water partition coefficient (Wildman–Crippen LogP) is 3.21. The standard InChI is InChI=1S/C13H14ClF2NOS/c14-8-13(18)17-4-3-12(19-6-5-17)10-7-9(15)1-2-11(10)16/h1-2,7,12H,3-6,8H2. The SMILES string of the molecule is O=C(CCl)N1CCSC(c2cc(F)ccc2F)CC1. The molecule has 0 spiro atoms. The number of amides is 1. The minimum absolute atomic E-state index is 0.0380. The molecule has 1 aliphatic heterocycles. The normalized spacial score (nSPS) is 20.2. The molecule has 1 aliphatic rings. The average molecular weight is 306 g/mol. The van der Waals surface area contributed by atoms with E-state index in [1.165, 1.54) is 6.07 Å². The summed E-state index contributed by atoms with van der Waals surface area (Å²) in [7, 11) is 0. The first-order valence-corrected chi connectivity index (χ1v) is 7.60. The minimum Gasteiger partial charge on any atom is -0.341 e. The van der Waals surface area contributed by atoms with Gasteiger partial charge in [-0.15, -0.1) is 11.6 Å². The van der Waals surface area contributed by atoms with E-state index in [9.17, 15) is 13.6 Å². The lowest BCUT2D eigenvalue weighted by atomic mass is 10.1. The van der Waals surface area contributed by atoms with Gasteiger partial charge >= 0.3 is 0 Å². The van der Waals surface area contributed by atoms with Crippen molar-refractivity contribution >= 4 is 29.3 Å². The van der Waals surface area contributed by atoms with Gasteiger partial charge in [0.1, 0.15) is 17.5 Å². The van der Waals surface area contributed by atoms with Gasteiger partial charge in [0.2, 0.25) is 5.91 Å². The molecule has 1 aromatic carbocycles. The highest BCUT2D eigenvalue weighted by atomic mass is 35.5. The molecular weight excluding hydrogens is 292 g/mol. The van der Waals surface area contributed by atoms with Crippen molar-refractivity contribution in [1.29, 1.82) is 0 Å². The molecule has 19 heavy (non-hydrogen) atoms. The molecule has 0 N–H and O–H groups in total. The van der Waals surface area contributed by atoms with Crippen LogP contribution in [0.5, 0.6) is 0 Å². The molecule has 104 valence electrons. The number of hydrogen-bond donors (Lipinski definition) is 0. The van der Waals surface area contributed by atoms with Gasteiger partial charge in [0.15, 0.2) is 0 Å². The fourth-order valence-corrected chi connectivity index (χ4v) is 3.53. The van der Waals surface area contributed by atoms with Crippen molar-refractivity contribution in [2.24, 2.45) is 0 Å². The molecule has 1 amide bonds. The fraction of sp³-hybridized carbons (Fsp3) is 0.462. The second-order valence-corrected chi connectivity index (χ2v) is 5.91. The highest BCUT2D eigenvalue weighted by Gasteiger charge is 2.23. The molecule has 1 fully saturated rings. The zero-order chi connectivity index (χ0) is 13.8. The molecule has 0 aromatic heterocycles. The summed E-state index contributed by atoms with van der Waals surface area (Å²) >= 11 is 7.08. The molecule has 0 radical (unpaired) electrons. The summed E-state index contributed by atoms with van der Waals surface area (Å²) in [6, 6.07) is 3.51. The summed E-state index contributed by atoms with van der Waals surface area (Å²) in [5, 5.41) is -0.121. The third kappa shape index (κ3) is 3.60. The van der Waals surface area contributed by atoms with Gasteiger partial charge in [-0.05, 0) is 24.6 Å². The van der Waals surface area contributed by atoms with Crippen LogP contribution in [0.3, 0.4) is 0 Å². The molecule has 1 heterocycles. The van der Waals surface area contributed by atoms with E-state index in [2.05, 4.69) is 0 Å². The smallest absolute Gasteiger partial charge is 0.237 e. The van der Waals surface area contributed by atoms with E-state index in [1.54, 1.807) is 16.7 Å². The summed E-state index contributed by atoms with van der Waals surface area (Å²) < 4.78 is 26.9. The topological polar surface area (TPSA) is 20.3 Å². The van der Waals surface area contributed by atoms with E-state index in [1.807, 2.05) is 0 Å². The number of carbonyl (C=O) groups excluding carboxylic acids is 1. The predicted molar refractivity (Wildman–Crippen MR) is 73.5 cm³/mol. The summed E-state index contributed by atoms with van der Waals surface area (Å²) in [4.78, 5) is 13.2. The molecule has 1 saturated heterocycles. The molecule has 2 rings (SSSR count). The number of carbonyl (C=O) groups is 1. The number of alkyl halides is 1. The monoisotopic (exact) mass is 305 g/mol. The average Bonchev–Trinajstić information content (AvgIpc) is 2.66. The van der Waals surface area contributed by atoms with Crippen LogP contribution in [0.15, 0.2) is 18.2 Å². The third-order valence-corrected chi connectivity index (χ3v) is 4.65. The summed E-state index contributed by atoms with van der Waals surface area (Å²) in [5.41, 5.74) is 0.380. The van der Waals surface area contributed by atoms with Crippen LogP contribution in [0.1, 0.15) is 17.2 Å². The van der Waals surface area contributed by atoms with Gasteiger partial charge in [-0.3, -0.25) is 4.79 Å². The Balaban J connectivity index is 2.10. The zero-order valence-electron chi connectivity index (χ0n) is 10.2. The maximum atomic E-state index is 13.7. The lowest BCUT2D eigenvalue weighted by molar-refractivity contribution is -0.128. The Bertz CT molecular complexity index is 472. The first-order valence-electron chi connectivity index (χ1n) is 6.02. The Morgan fingerprint density at radius 2 is 2.21 bits per heavy atom. The number of nitrogens with zero attached hydrogens (tertiary/aromatic N) is 1. The number of rotatable bonds is 2. The van der Waals surface area contributed by atoms with Gasteiger partial charge in [0, 0.05) is 29.7 Å². The Morgan fingerprint density at radius 1 is 1.42 bits per heavy atom. The second kappa shape index (κ2) is 6.57. The lowest BCUT2D eigenvalue weighted by Crippen LogP contribution is -2.33. The summed E-state index contributed by atoms with van der Waals surface area (Å²) in [6.07, 6.45) is 0.605. The Labute approximate surface area is 120 Å². The van der Waals surface area contributed by atoms with E-state index in [0.29, 0.717) is 30.8 Å². The van der Waals surface area contributed by atoms with Crippen LogP contribution in [-0.4, -0.2) is 35.5 Å². The summed E-state index contributed by atoms with van der Waals surface area (Å²) in [6.45, 7) is 1.13. The number of hydrogen-bond acceptors (Lipinski definition) is 2. The van der Waals surface area contributed by atoms with E-state index in [0.717, 1.165) is 12.1 Å². The number of thioether (sulfide) groups is 1. The van der Waals surface area contributed by atoms with Crippen LogP contribution in [0, 0.1) is 11.6 Å². The molecule has 0 saturated carbocycles. The number of benzene rings is 1. The molecular formula is C13H14ClF2NOS. The van der Waals surface area contributed by atoms with Gasteiger partial charge in [-0.1, -0.05) is 0 Å². The van der Waals surface area contributed by atoms with Crippen LogP contribution < -0.4 is 0 Å². The summed E-state index contributed by atoms with van der Waals surface area (Å²) in [5.74, 6) is -0.277. The number of halogens is 3. The van der Waals surface area contributed by atoms with Crippen molar-refractivity contribution in [1.82, 2.24) is 4.90 Å². The van der Waals surface area contributed by atoms with Crippen molar-refractivity contribution in [2.45, 2.75) is 11.7 Å². The molecule has 0 bridgehead atoms. The van der Waals surface area contributed by atoms with Crippen molar-refractivity contribution in [3.05, 3.63) is 35.4 Å². The van der Waals surface area contributed by atoms with Crippen LogP contribution in [0.4, 0.5) is 8.78 Å². The van der Waals surface area contributed by atoms with E-state index in [4.69, 9.17) is 11.6 Å². The second-order valence-electron chi connectivity index (χ2n) is 4.33. The Hall–Kier alpha value is -0.810. The van der Waals surface area contributed by atoms with Crippen molar-refractivity contribution in [3.8, 4) is 0 Å². The van der Waals surface area contributed by atoms with Crippen molar-refractivity contribution < 1.29 is 13.6 Å². The molecule has 1 aromatic rings. The van der Waals surface area contributed by atoms with Crippen molar-refractivity contribution in [2.75, 3.05) is 24.7 Å². The van der Waals surface area contributed by atoms with Crippen LogP contribution in [-0.2, 0) is 4.79 Å². The van der Waals surface area contributed by atoms with Gasteiger partial charge in [0.25, 0.3) is 0 Å². The Kier molecular flexibility index (Phi) is 5.05. The zero-order valence-corrected chi connectivity index (χ0v) is 11.8. The van der Waals surface area contributed by atoms with Crippen LogP contribution in [0.2, 0.25) is 0 Å². The van der Waals surface area contributed by atoms with Gasteiger partial charge < -0.3 is 4.90 Å². The molecule has 1 atom stereocenters. The molecule has 1 unspecified atom stereocenters. The lowest BCUT2D eigenvalue weighted by Gasteiger charge is -2.19. The first kappa shape index (κ1) is 14.6. The first-order chi connectivity index (χ1) is 9.11. The van der Waals surface area contributed by atoms with Gasteiger partial charge in [-0.25, -0.2) is 8.78 Å². The molecule has 6 heteroatoms. The largest absolute Gasteiger partial charge is 0.341 e. The maximum Gasteiger partial charge on any atom is 0.237 e. The quantitative estimate of drug-likeness (QED) is 0.782. The molecule has 0 aliphatic carbocycles. The van der Waals surface area contributed by atoms with Gasteiger partial charge in [0.05, 0.1) is 0 Å². The minimum atomic E-state index is -0.435. The third-order valence-electron chi connectivity index (χ3n) is 3.11. The van der Waals surface area contributed by atoms with E-state index < -0.39 is 11.6 Å².